The first-order valence-corrected chi connectivity index (χ1v) is 10.1. The summed E-state index contributed by atoms with van der Waals surface area (Å²) in [7, 11) is 3.61. The zero-order valence-electron chi connectivity index (χ0n) is 17.0. The van der Waals surface area contributed by atoms with E-state index in [1.54, 1.807) is 7.11 Å². The van der Waals surface area contributed by atoms with Gasteiger partial charge in [-0.15, -0.1) is 0 Å². The fourth-order valence-corrected chi connectivity index (χ4v) is 3.99. The molecule has 2 fully saturated rings. The Morgan fingerprint density at radius 1 is 1.30 bits per heavy atom. The zero-order chi connectivity index (χ0) is 19.1. The van der Waals surface area contributed by atoms with Crippen molar-refractivity contribution in [3.8, 4) is 5.75 Å². The standard InChI is InChI=1S/C21H34N4O2/c1-17-4-5-18(14-20(17)26-3)6-8-23-21(22-2)25-9-7-19(16-25)15-24-10-12-27-13-11-24/h4-5,14,19H,6-13,15-16H2,1-3H3,(H,22,23). The molecule has 0 saturated carbocycles. The van der Waals surface area contributed by atoms with Crippen molar-refractivity contribution < 1.29 is 9.47 Å². The Morgan fingerprint density at radius 2 is 2.11 bits per heavy atom. The van der Waals surface area contributed by atoms with Crippen LogP contribution in [-0.4, -0.2) is 82.4 Å². The summed E-state index contributed by atoms with van der Waals surface area (Å²) in [6.07, 6.45) is 2.20. The Hall–Kier alpha value is -1.79. The van der Waals surface area contributed by atoms with Crippen LogP contribution in [0.4, 0.5) is 0 Å². The minimum atomic E-state index is 0.725. The molecule has 150 valence electrons. The molecule has 0 aliphatic carbocycles. The van der Waals surface area contributed by atoms with E-state index in [0.29, 0.717) is 0 Å². The lowest BCUT2D eigenvalue weighted by atomic mass is 10.1. The van der Waals surface area contributed by atoms with E-state index in [2.05, 4.69) is 45.2 Å². The Kier molecular flexibility index (Phi) is 7.35. The van der Waals surface area contributed by atoms with Crippen LogP contribution in [0.3, 0.4) is 0 Å². The molecule has 1 N–H and O–H groups in total. The van der Waals surface area contributed by atoms with Gasteiger partial charge in [-0.2, -0.15) is 0 Å². The van der Waals surface area contributed by atoms with Gasteiger partial charge < -0.3 is 19.7 Å². The maximum atomic E-state index is 5.45. The van der Waals surface area contributed by atoms with E-state index in [-0.39, 0.29) is 0 Å². The van der Waals surface area contributed by atoms with E-state index < -0.39 is 0 Å². The molecular weight excluding hydrogens is 340 g/mol. The molecule has 6 nitrogen and oxygen atoms in total. The number of hydrogen-bond donors (Lipinski definition) is 1. The van der Waals surface area contributed by atoms with E-state index in [1.165, 1.54) is 24.1 Å². The molecule has 0 aromatic heterocycles. The third-order valence-corrected chi connectivity index (χ3v) is 5.59. The first-order chi connectivity index (χ1) is 13.2. The van der Waals surface area contributed by atoms with Gasteiger partial charge in [0.2, 0.25) is 0 Å². The van der Waals surface area contributed by atoms with Crippen molar-refractivity contribution in [1.82, 2.24) is 15.1 Å². The molecule has 0 radical (unpaired) electrons. The van der Waals surface area contributed by atoms with Gasteiger partial charge in [-0.1, -0.05) is 12.1 Å². The Morgan fingerprint density at radius 3 is 2.85 bits per heavy atom. The van der Waals surface area contributed by atoms with Gasteiger partial charge in [0.1, 0.15) is 5.75 Å². The molecular formula is C21H34N4O2. The highest BCUT2D eigenvalue weighted by molar-refractivity contribution is 5.80. The summed E-state index contributed by atoms with van der Waals surface area (Å²) >= 11 is 0. The van der Waals surface area contributed by atoms with Gasteiger partial charge in [-0.05, 0) is 42.9 Å². The smallest absolute Gasteiger partial charge is 0.193 e. The van der Waals surface area contributed by atoms with Gasteiger partial charge in [-0.3, -0.25) is 9.89 Å². The third-order valence-electron chi connectivity index (χ3n) is 5.59. The van der Waals surface area contributed by atoms with Gasteiger partial charge in [0, 0.05) is 46.3 Å². The molecule has 2 aliphatic heterocycles. The number of guanidine groups is 1. The SMILES string of the molecule is CN=C(NCCc1ccc(C)c(OC)c1)N1CCC(CN2CCOCC2)C1. The molecule has 1 aromatic rings. The summed E-state index contributed by atoms with van der Waals surface area (Å²) in [5.41, 5.74) is 2.46. The molecule has 1 aromatic carbocycles. The van der Waals surface area contributed by atoms with Crippen molar-refractivity contribution in [2.45, 2.75) is 19.8 Å². The summed E-state index contributed by atoms with van der Waals surface area (Å²) in [5, 5.41) is 3.54. The molecule has 0 bridgehead atoms. The zero-order valence-corrected chi connectivity index (χ0v) is 17.0. The predicted molar refractivity (Wildman–Crippen MR) is 110 cm³/mol. The van der Waals surface area contributed by atoms with Crippen LogP contribution < -0.4 is 10.1 Å². The number of rotatable bonds is 6. The van der Waals surface area contributed by atoms with Crippen LogP contribution in [0.15, 0.2) is 23.2 Å². The van der Waals surface area contributed by atoms with Crippen LogP contribution in [0.1, 0.15) is 17.5 Å². The molecule has 2 aliphatic rings. The minimum absolute atomic E-state index is 0.725. The topological polar surface area (TPSA) is 49.3 Å². The number of aryl methyl sites for hydroxylation is 1. The molecule has 0 spiro atoms. The number of benzene rings is 1. The molecule has 2 saturated heterocycles. The van der Waals surface area contributed by atoms with Gasteiger partial charge in [0.15, 0.2) is 5.96 Å². The minimum Gasteiger partial charge on any atom is -0.496 e. The van der Waals surface area contributed by atoms with E-state index in [9.17, 15) is 0 Å². The first-order valence-electron chi connectivity index (χ1n) is 10.1. The lowest BCUT2D eigenvalue weighted by Gasteiger charge is -2.29. The summed E-state index contributed by atoms with van der Waals surface area (Å²) in [6.45, 7) is 10.2. The van der Waals surface area contributed by atoms with E-state index in [1.807, 2.05) is 7.05 Å². The summed E-state index contributed by atoms with van der Waals surface area (Å²) in [5.74, 6) is 2.71. The van der Waals surface area contributed by atoms with Gasteiger partial charge in [-0.25, -0.2) is 0 Å². The summed E-state index contributed by atoms with van der Waals surface area (Å²) in [6, 6.07) is 6.43. The first kappa shape index (κ1) is 20.0. The second-order valence-electron chi connectivity index (χ2n) is 7.54. The number of nitrogens with zero attached hydrogens (tertiary/aromatic N) is 3. The van der Waals surface area contributed by atoms with Crippen molar-refractivity contribution >= 4 is 5.96 Å². The number of morpholine rings is 1. The lowest BCUT2D eigenvalue weighted by molar-refractivity contribution is 0.0315. The summed E-state index contributed by atoms with van der Waals surface area (Å²) < 4.78 is 10.9. The van der Waals surface area contributed by atoms with Crippen molar-refractivity contribution in [1.29, 1.82) is 0 Å². The maximum Gasteiger partial charge on any atom is 0.193 e. The number of hydrogen-bond acceptors (Lipinski definition) is 4. The maximum absolute atomic E-state index is 5.45. The van der Waals surface area contributed by atoms with Gasteiger partial charge in [0.25, 0.3) is 0 Å². The van der Waals surface area contributed by atoms with E-state index >= 15 is 0 Å². The second-order valence-corrected chi connectivity index (χ2v) is 7.54. The average Bonchev–Trinajstić information content (AvgIpc) is 3.15. The highest BCUT2D eigenvalue weighted by Gasteiger charge is 2.26. The Bertz CT molecular complexity index is 629. The quantitative estimate of drug-likeness (QED) is 0.608. The molecule has 27 heavy (non-hydrogen) atoms. The fraction of sp³-hybridized carbons (Fsp3) is 0.667. The van der Waals surface area contributed by atoms with E-state index in [0.717, 1.165) is 70.0 Å². The van der Waals surface area contributed by atoms with Crippen LogP contribution in [-0.2, 0) is 11.2 Å². The molecule has 3 rings (SSSR count). The van der Waals surface area contributed by atoms with Crippen LogP contribution in [0.5, 0.6) is 5.75 Å². The van der Waals surface area contributed by atoms with Crippen molar-refractivity contribution in [2.24, 2.45) is 10.9 Å². The van der Waals surface area contributed by atoms with Crippen molar-refractivity contribution in [3.05, 3.63) is 29.3 Å². The van der Waals surface area contributed by atoms with Crippen LogP contribution in [0, 0.1) is 12.8 Å². The molecule has 6 heteroatoms. The van der Waals surface area contributed by atoms with Crippen LogP contribution >= 0.6 is 0 Å². The molecule has 2 heterocycles. The van der Waals surface area contributed by atoms with Gasteiger partial charge >= 0.3 is 0 Å². The highest BCUT2D eigenvalue weighted by Crippen LogP contribution is 2.20. The lowest BCUT2D eigenvalue weighted by Crippen LogP contribution is -2.42. The highest BCUT2D eigenvalue weighted by atomic mass is 16.5. The van der Waals surface area contributed by atoms with Crippen molar-refractivity contribution in [2.75, 3.05) is 66.6 Å². The number of likely N-dealkylation sites (tertiary alicyclic amines) is 1. The number of nitrogens with one attached hydrogen (secondary N) is 1. The average molecular weight is 375 g/mol. The normalized spacial score (nSPS) is 21.5. The van der Waals surface area contributed by atoms with Crippen LogP contribution in [0.25, 0.3) is 0 Å². The Balaban J connectivity index is 1.44. The fourth-order valence-electron chi connectivity index (χ4n) is 3.99. The van der Waals surface area contributed by atoms with Crippen molar-refractivity contribution in [3.63, 3.8) is 0 Å². The van der Waals surface area contributed by atoms with Crippen LogP contribution in [0.2, 0.25) is 0 Å². The molecule has 1 unspecified atom stereocenters. The second kappa shape index (κ2) is 9.95. The number of aliphatic imine (C=N–C) groups is 1. The molecule has 1 atom stereocenters. The number of methoxy groups -OCH3 is 1. The van der Waals surface area contributed by atoms with E-state index in [4.69, 9.17) is 9.47 Å². The number of ether oxygens (including phenoxy) is 2. The Labute approximate surface area is 163 Å². The molecule has 0 amide bonds. The monoisotopic (exact) mass is 374 g/mol. The predicted octanol–water partition coefficient (Wildman–Crippen LogP) is 1.78. The van der Waals surface area contributed by atoms with Gasteiger partial charge in [0.05, 0.1) is 20.3 Å². The third kappa shape index (κ3) is 5.59. The largest absolute Gasteiger partial charge is 0.496 e. The summed E-state index contributed by atoms with van der Waals surface area (Å²) in [4.78, 5) is 9.45.